The predicted molar refractivity (Wildman–Crippen MR) is 95.9 cm³/mol. The molecule has 0 spiro atoms. The number of rotatable bonds is 2. The molecule has 1 heterocycles. The highest BCUT2D eigenvalue weighted by atomic mass is 16.5. The first kappa shape index (κ1) is 16.3. The van der Waals surface area contributed by atoms with Crippen molar-refractivity contribution in [2.45, 2.75) is 13.8 Å². The number of hydrogen-bond acceptors (Lipinski definition) is 4. The van der Waals surface area contributed by atoms with Crippen molar-refractivity contribution >= 4 is 23.0 Å². The topological polar surface area (TPSA) is 97.0 Å². The zero-order valence-corrected chi connectivity index (χ0v) is 14.3. The maximum atomic E-state index is 9.58. The summed E-state index contributed by atoms with van der Waals surface area (Å²) < 4.78 is 5.27. The molecule has 1 aromatic heterocycles. The van der Waals surface area contributed by atoms with Crippen LogP contribution in [-0.4, -0.2) is 7.11 Å². The average Bonchev–Trinajstić information content (AvgIpc) is 2.86. The van der Waals surface area contributed by atoms with E-state index in [-0.39, 0.29) is 5.82 Å². The second kappa shape index (κ2) is 6.14. The van der Waals surface area contributed by atoms with Gasteiger partial charge in [0.25, 0.3) is 5.82 Å². The lowest BCUT2D eigenvalue weighted by molar-refractivity contribution is -0.364. The predicted octanol–water partition coefficient (Wildman–Crippen LogP) is 3.12. The molecule has 122 valence electrons. The molecule has 0 fully saturated rings. The van der Waals surface area contributed by atoms with Crippen LogP contribution in [0.3, 0.4) is 0 Å². The monoisotopic (exact) mass is 329 g/mol. The van der Waals surface area contributed by atoms with Crippen LogP contribution < -0.4 is 15.5 Å². The molecular weight excluding hydrogens is 312 g/mol. The number of ether oxygens (including phenoxy) is 1. The number of anilines is 1. The summed E-state index contributed by atoms with van der Waals surface area (Å²) >= 11 is 0. The number of methoxy groups -OCH3 is 1. The summed E-state index contributed by atoms with van der Waals surface area (Å²) in [5.41, 5.74) is 11.9. The number of aromatic nitrogens is 1. The fourth-order valence-electron chi connectivity index (χ4n) is 3.17. The van der Waals surface area contributed by atoms with E-state index < -0.39 is 0 Å². The number of pyridine rings is 1. The Morgan fingerprint density at radius 2 is 1.96 bits per heavy atom. The van der Waals surface area contributed by atoms with E-state index in [0.717, 1.165) is 33.6 Å². The molecule has 1 aromatic carbocycles. The number of benzene rings is 1. The van der Waals surface area contributed by atoms with Gasteiger partial charge in [0, 0.05) is 5.56 Å². The van der Waals surface area contributed by atoms with Crippen LogP contribution in [0, 0.1) is 29.6 Å². The maximum absolute atomic E-state index is 9.58. The van der Waals surface area contributed by atoms with Crippen molar-refractivity contribution in [1.82, 2.24) is 0 Å². The summed E-state index contributed by atoms with van der Waals surface area (Å²) in [6.07, 6.45) is 2.00. The summed E-state index contributed by atoms with van der Waals surface area (Å²) in [6, 6.07) is 12.1. The molecule has 0 radical (unpaired) electrons. The number of nitrogens with two attached hydrogens (primary N) is 1. The molecule has 25 heavy (non-hydrogen) atoms. The third kappa shape index (κ3) is 2.52. The van der Waals surface area contributed by atoms with Crippen molar-refractivity contribution < 1.29 is 9.72 Å². The molecule has 0 amide bonds. The Bertz CT molecular complexity index is 1030. The van der Waals surface area contributed by atoms with Crippen molar-refractivity contribution in [2.75, 3.05) is 12.8 Å². The molecule has 3 rings (SSSR count). The number of H-pyrrole nitrogens is 1. The Hall–Kier alpha value is -3.57. The minimum atomic E-state index is 0.280. The number of fused-ring (bicyclic) bond motifs is 1. The lowest BCUT2D eigenvalue weighted by Crippen LogP contribution is -2.20. The van der Waals surface area contributed by atoms with Gasteiger partial charge in [-0.15, -0.1) is 0 Å². The van der Waals surface area contributed by atoms with Gasteiger partial charge in [-0.1, -0.05) is 12.1 Å². The molecule has 0 saturated carbocycles. The van der Waals surface area contributed by atoms with Gasteiger partial charge in [0.1, 0.15) is 29.0 Å². The lowest BCUT2D eigenvalue weighted by atomic mass is 9.95. The maximum Gasteiger partial charge on any atom is 0.289 e. The summed E-state index contributed by atoms with van der Waals surface area (Å²) in [7, 11) is 1.62. The molecule has 2 aromatic rings. The number of nitrogen functional groups attached to an aromatic ring is 1. The Morgan fingerprint density at radius 1 is 1.20 bits per heavy atom. The fourth-order valence-corrected chi connectivity index (χ4v) is 3.17. The van der Waals surface area contributed by atoms with Crippen molar-refractivity contribution in [3.8, 4) is 17.9 Å². The van der Waals surface area contributed by atoms with Crippen LogP contribution in [0.5, 0.6) is 5.75 Å². The van der Waals surface area contributed by atoms with Crippen molar-refractivity contribution in [2.24, 2.45) is 0 Å². The quantitative estimate of drug-likeness (QED) is 0.915. The first-order valence-electron chi connectivity index (χ1n) is 7.75. The van der Waals surface area contributed by atoms with Gasteiger partial charge in [-0.3, -0.25) is 5.73 Å². The molecule has 5 heteroatoms. The van der Waals surface area contributed by atoms with E-state index in [9.17, 15) is 10.5 Å². The number of nitriles is 2. The summed E-state index contributed by atoms with van der Waals surface area (Å²) in [5, 5.41) is 19.0. The summed E-state index contributed by atoms with van der Waals surface area (Å²) in [4.78, 5) is 3.03. The Labute approximate surface area is 146 Å². The van der Waals surface area contributed by atoms with E-state index in [2.05, 4.69) is 17.1 Å². The Morgan fingerprint density at radius 3 is 2.60 bits per heavy atom. The van der Waals surface area contributed by atoms with Crippen LogP contribution in [-0.2, 0) is 0 Å². The largest absolute Gasteiger partial charge is 0.497 e. The smallest absolute Gasteiger partial charge is 0.289 e. The van der Waals surface area contributed by atoms with Crippen LogP contribution in [0.25, 0.3) is 17.2 Å². The lowest BCUT2D eigenvalue weighted by Gasteiger charge is -2.09. The van der Waals surface area contributed by atoms with Crippen LogP contribution in [0.4, 0.5) is 5.82 Å². The van der Waals surface area contributed by atoms with E-state index >= 15 is 0 Å². The summed E-state index contributed by atoms with van der Waals surface area (Å²) in [6.45, 7) is 3.76. The van der Waals surface area contributed by atoms with Crippen LogP contribution in [0.15, 0.2) is 29.8 Å². The van der Waals surface area contributed by atoms with Gasteiger partial charge in [-0.2, -0.15) is 10.5 Å². The zero-order chi connectivity index (χ0) is 18.1. The number of nitrogens with zero attached hydrogens (tertiary/aromatic N) is 2. The SMILES string of the molecule is COc1cccc(/C=C2\C(C)=C(C#N)c3[nH+]c(N)c(C#N)c(C)c32)c1. The van der Waals surface area contributed by atoms with Gasteiger partial charge in [0.15, 0.2) is 5.69 Å². The molecule has 0 atom stereocenters. The number of nitrogens with one attached hydrogen (secondary N) is 1. The first-order valence-corrected chi connectivity index (χ1v) is 7.75. The molecule has 0 aliphatic heterocycles. The Kier molecular flexibility index (Phi) is 4.00. The number of hydrogen-bond donors (Lipinski definition) is 1. The molecule has 3 N–H and O–H groups in total. The molecule has 1 aliphatic carbocycles. The van der Waals surface area contributed by atoms with Gasteiger partial charge in [0.2, 0.25) is 0 Å². The average molecular weight is 329 g/mol. The fraction of sp³-hybridized carbons (Fsp3) is 0.150. The molecule has 0 unspecified atom stereocenters. The summed E-state index contributed by atoms with van der Waals surface area (Å²) in [5.74, 6) is 1.04. The third-order valence-electron chi connectivity index (χ3n) is 4.46. The second-order valence-corrected chi connectivity index (χ2v) is 5.85. The van der Waals surface area contributed by atoms with Crippen LogP contribution >= 0.6 is 0 Å². The van der Waals surface area contributed by atoms with Gasteiger partial charge >= 0.3 is 0 Å². The van der Waals surface area contributed by atoms with E-state index in [1.165, 1.54) is 0 Å². The van der Waals surface area contributed by atoms with Gasteiger partial charge < -0.3 is 4.74 Å². The minimum absolute atomic E-state index is 0.280. The standard InChI is InChI=1S/C20H16N4O/c1-11-15(8-13-5-4-6-14(7-13)25-3)18-12(2)17(10-22)20(23)24-19(18)16(11)9-21/h4-8H,1-3H3,(H2,23,24)/p+1/b15-8+. The number of aromatic amines is 1. The number of allylic oxidation sites excluding steroid dienone is 3. The highest BCUT2D eigenvalue weighted by Gasteiger charge is 2.32. The highest BCUT2D eigenvalue weighted by Crippen LogP contribution is 2.42. The molecule has 1 aliphatic rings. The molecular formula is C20H17N4O+. The van der Waals surface area contributed by atoms with E-state index in [0.29, 0.717) is 16.8 Å². The van der Waals surface area contributed by atoms with Gasteiger partial charge in [-0.05, 0) is 54.3 Å². The molecule has 0 bridgehead atoms. The normalized spacial score (nSPS) is 14.2. The van der Waals surface area contributed by atoms with Crippen molar-refractivity contribution in [1.29, 1.82) is 10.5 Å². The van der Waals surface area contributed by atoms with E-state index in [1.807, 2.05) is 44.2 Å². The zero-order valence-electron chi connectivity index (χ0n) is 14.3. The third-order valence-corrected chi connectivity index (χ3v) is 4.46. The van der Waals surface area contributed by atoms with E-state index in [4.69, 9.17) is 10.5 Å². The van der Waals surface area contributed by atoms with Gasteiger partial charge in [0.05, 0.1) is 7.11 Å². The molecule has 5 nitrogen and oxygen atoms in total. The van der Waals surface area contributed by atoms with Gasteiger partial charge in [-0.25, -0.2) is 4.98 Å². The molecule has 0 saturated heterocycles. The second-order valence-electron chi connectivity index (χ2n) is 5.85. The minimum Gasteiger partial charge on any atom is -0.497 e. The van der Waals surface area contributed by atoms with Crippen molar-refractivity contribution in [3.63, 3.8) is 0 Å². The van der Waals surface area contributed by atoms with Crippen LogP contribution in [0.2, 0.25) is 0 Å². The first-order chi connectivity index (χ1) is 12.0. The van der Waals surface area contributed by atoms with Crippen LogP contribution in [0.1, 0.15) is 34.9 Å². The Balaban J connectivity index is 2.30. The highest BCUT2D eigenvalue weighted by molar-refractivity contribution is 6.07. The van der Waals surface area contributed by atoms with E-state index in [1.54, 1.807) is 7.11 Å². The van der Waals surface area contributed by atoms with Crippen molar-refractivity contribution in [3.05, 3.63) is 57.8 Å².